The molecular formula is C24H24N2O5S. The Labute approximate surface area is 189 Å². The van der Waals surface area contributed by atoms with Crippen molar-refractivity contribution < 1.29 is 28.7 Å². The van der Waals surface area contributed by atoms with Crippen LogP contribution in [-0.2, 0) is 9.53 Å². The Morgan fingerprint density at radius 3 is 2.75 bits per heavy atom. The van der Waals surface area contributed by atoms with Crippen LogP contribution in [0.2, 0.25) is 0 Å². The molecule has 5 rings (SSSR count). The fourth-order valence-corrected chi connectivity index (χ4v) is 5.32. The normalized spacial score (nSPS) is 19.9. The van der Waals surface area contributed by atoms with Crippen molar-refractivity contribution >= 4 is 34.0 Å². The number of nitrogens with zero attached hydrogens (tertiary/aromatic N) is 1. The number of fused-ring (bicyclic) bond motifs is 1. The number of rotatable bonds is 7. The molecule has 2 aliphatic rings. The number of carbonyl (C=O) groups excluding carboxylic acids is 2. The van der Waals surface area contributed by atoms with E-state index in [2.05, 4.69) is 0 Å². The van der Waals surface area contributed by atoms with Gasteiger partial charge in [-0.15, -0.1) is 11.3 Å². The van der Waals surface area contributed by atoms with E-state index in [1.807, 2.05) is 35.7 Å². The topological polar surface area (TPSA) is 87.2 Å². The minimum absolute atomic E-state index is 0.0183. The Balaban J connectivity index is 1.41. The summed E-state index contributed by atoms with van der Waals surface area (Å²) in [6.07, 6.45) is 0.752. The number of benzene rings is 1. The molecule has 166 valence electrons. The molecule has 1 aromatic carbocycles. The lowest BCUT2D eigenvalue weighted by Crippen LogP contribution is -3.14. The third-order valence-corrected chi connectivity index (χ3v) is 7.05. The summed E-state index contributed by atoms with van der Waals surface area (Å²) in [7, 11) is 0. The number of para-hydroxylation sites is 1. The van der Waals surface area contributed by atoms with Crippen molar-refractivity contribution in [3.8, 4) is 0 Å². The number of hydrogen-bond donors (Lipinski definition) is 1. The van der Waals surface area contributed by atoms with Crippen LogP contribution in [0.5, 0.6) is 0 Å². The van der Waals surface area contributed by atoms with Gasteiger partial charge in [0.25, 0.3) is 0 Å². The highest BCUT2D eigenvalue weighted by Gasteiger charge is 2.40. The number of carbonyl (C=O) groups is 2. The van der Waals surface area contributed by atoms with E-state index in [1.54, 1.807) is 17.0 Å². The predicted molar refractivity (Wildman–Crippen MR) is 117 cm³/mol. The minimum Gasteiger partial charge on any atom is -0.868 e. The highest BCUT2D eigenvalue weighted by molar-refractivity contribution is 7.10. The van der Waals surface area contributed by atoms with Gasteiger partial charge in [0.1, 0.15) is 18.7 Å². The molecule has 4 heterocycles. The second kappa shape index (κ2) is 8.90. The Kier molecular flexibility index (Phi) is 5.82. The second-order valence-corrected chi connectivity index (χ2v) is 9.08. The monoisotopic (exact) mass is 452 g/mol. The van der Waals surface area contributed by atoms with Gasteiger partial charge in [0, 0.05) is 28.8 Å². The number of hydrogen-bond acceptors (Lipinski definition) is 6. The highest BCUT2D eigenvalue weighted by Crippen LogP contribution is 2.40. The summed E-state index contributed by atoms with van der Waals surface area (Å²) in [4.78, 5) is 30.2. The quantitative estimate of drug-likeness (QED) is 0.544. The van der Waals surface area contributed by atoms with E-state index in [1.165, 1.54) is 16.2 Å². The van der Waals surface area contributed by atoms with Gasteiger partial charge in [-0.05, 0) is 29.3 Å². The van der Waals surface area contributed by atoms with Crippen molar-refractivity contribution in [2.24, 2.45) is 0 Å². The van der Waals surface area contributed by atoms with Gasteiger partial charge >= 0.3 is 0 Å². The zero-order chi connectivity index (χ0) is 22.1. The molecule has 32 heavy (non-hydrogen) atoms. The van der Waals surface area contributed by atoms with Gasteiger partial charge in [-0.3, -0.25) is 9.59 Å². The summed E-state index contributed by atoms with van der Waals surface area (Å²) in [5.74, 6) is -1.77. The Bertz CT molecular complexity index is 1130. The summed E-state index contributed by atoms with van der Waals surface area (Å²) in [6, 6.07) is 12.0. The zero-order valence-electron chi connectivity index (χ0n) is 17.5. The summed E-state index contributed by atoms with van der Waals surface area (Å²) >= 11 is 1.44. The number of furan rings is 1. The van der Waals surface area contributed by atoms with Gasteiger partial charge < -0.3 is 24.1 Å². The number of ether oxygens (including phenoxy) is 1. The molecule has 2 aliphatic heterocycles. The number of nitrogens with one attached hydrogen (secondary N) is 1. The molecule has 0 aliphatic carbocycles. The fraction of sp³-hybridized carbons (Fsp3) is 0.333. The molecule has 1 unspecified atom stereocenters. The molecule has 3 aromatic rings. The van der Waals surface area contributed by atoms with Gasteiger partial charge in [0.05, 0.1) is 25.8 Å². The van der Waals surface area contributed by atoms with Crippen molar-refractivity contribution in [2.45, 2.75) is 12.5 Å². The van der Waals surface area contributed by atoms with Crippen LogP contribution >= 0.6 is 11.3 Å². The minimum atomic E-state index is -0.729. The average Bonchev–Trinajstić information content (AvgIpc) is 3.54. The van der Waals surface area contributed by atoms with E-state index in [-0.39, 0.29) is 11.3 Å². The third kappa shape index (κ3) is 3.85. The fourth-order valence-electron chi connectivity index (χ4n) is 4.48. The molecule has 1 amide bonds. The summed E-state index contributed by atoms with van der Waals surface area (Å²) in [5.41, 5.74) is 0.557. The first-order chi connectivity index (χ1) is 15.6. The van der Waals surface area contributed by atoms with Gasteiger partial charge in [0.15, 0.2) is 5.76 Å². The molecule has 7 nitrogen and oxygen atoms in total. The summed E-state index contributed by atoms with van der Waals surface area (Å²) < 4.78 is 11.1. The van der Waals surface area contributed by atoms with Gasteiger partial charge in [-0.25, -0.2) is 0 Å². The van der Waals surface area contributed by atoms with Crippen LogP contribution in [0.4, 0.5) is 0 Å². The number of thiophene rings is 1. The molecule has 8 heteroatoms. The Morgan fingerprint density at radius 1 is 1.19 bits per heavy atom. The third-order valence-electron chi connectivity index (χ3n) is 6.12. The lowest BCUT2D eigenvalue weighted by atomic mass is 10.00. The van der Waals surface area contributed by atoms with Gasteiger partial charge in [-0.2, -0.15) is 0 Å². The van der Waals surface area contributed by atoms with Crippen LogP contribution < -0.4 is 10.0 Å². The standard InChI is InChI=1S/C24H24N2O5S/c27-22(18-15-16-5-1-2-6-17(16)31-18)20-21(19-7-3-14-32-19)26(24(29)23(20)28)9-4-8-25-10-12-30-13-11-25/h1-3,5-7,14-15,21,28H,4,8-13H2. The highest BCUT2D eigenvalue weighted by atomic mass is 32.1. The van der Waals surface area contributed by atoms with E-state index >= 15 is 0 Å². The number of quaternary nitrogens is 1. The summed E-state index contributed by atoms with van der Waals surface area (Å²) in [5, 5.41) is 15.7. The molecule has 1 fully saturated rings. The molecule has 0 radical (unpaired) electrons. The van der Waals surface area contributed by atoms with Crippen LogP contribution in [0.15, 0.2) is 63.6 Å². The first-order valence-electron chi connectivity index (χ1n) is 10.8. The predicted octanol–water partition coefficient (Wildman–Crippen LogP) is 1.18. The zero-order valence-corrected chi connectivity index (χ0v) is 18.4. The molecule has 0 saturated carbocycles. The number of morpholine rings is 1. The van der Waals surface area contributed by atoms with Crippen molar-refractivity contribution in [1.29, 1.82) is 0 Å². The van der Waals surface area contributed by atoms with Crippen LogP contribution in [-0.4, -0.2) is 56.0 Å². The first-order valence-corrected chi connectivity index (χ1v) is 11.7. The van der Waals surface area contributed by atoms with Crippen LogP contribution in [0.25, 0.3) is 11.0 Å². The Hall–Kier alpha value is -2.94. The van der Waals surface area contributed by atoms with Crippen LogP contribution in [0, 0.1) is 0 Å². The van der Waals surface area contributed by atoms with Crippen LogP contribution in [0.3, 0.4) is 0 Å². The smallest absolute Gasteiger partial charge is 0.240 e. The maximum absolute atomic E-state index is 13.4. The van der Waals surface area contributed by atoms with E-state index in [4.69, 9.17) is 9.15 Å². The SMILES string of the molecule is O=C(C1=C([O-])C(=O)N(CCC[NH+]2CCOCC2)C1c1cccs1)c1cc2ccccc2o1. The largest absolute Gasteiger partial charge is 0.868 e. The molecule has 1 atom stereocenters. The Morgan fingerprint density at radius 2 is 2.00 bits per heavy atom. The van der Waals surface area contributed by atoms with E-state index < -0.39 is 23.5 Å². The van der Waals surface area contributed by atoms with Crippen molar-refractivity contribution in [3.05, 3.63) is 69.8 Å². The van der Waals surface area contributed by atoms with E-state index in [0.717, 1.165) is 49.5 Å². The van der Waals surface area contributed by atoms with Gasteiger partial charge in [0.2, 0.25) is 11.7 Å². The average molecular weight is 453 g/mol. The molecule has 0 bridgehead atoms. The molecular weight excluding hydrogens is 428 g/mol. The van der Waals surface area contributed by atoms with Crippen molar-refractivity contribution in [3.63, 3.8) is 0 Å². The molecule has 1 saturated heterocycles. The maximum atomic E-state index is 13.4. The number of Topliss-reactive ketones (excluding diaryl/α,β-unsaturated/α-hetero) is 1. The van der Waals surface area contributed by atoms with Crippen molar-refractivity contribution in [2.75, 3.05) is 39.4 Å². The molecule has 0 spiro atoms. The number of ketones is 1. The van der Waals surface area contributed by atoms with Crippen molar-refractivity contribution in [1.82, 2.24) is 4.90 Å². The lowest BCUT2D eigenvalue weighted by molar-refractivity contribution is -0.908. The lowest BCUT2D eigenvalue weighted by Gasteiger charge is -2.28. The summed E-state index contributed by atoms with van der Waals surface area (Å²) in [6.45, 7) is 4.71. The van der Waals surface area contributed by atoms with E-state index in [0.29, 0.717) is 12.1 Å². The van der Waals surface area contributed by atoms with Gasteiger partial charge in [-0.1, -0.05) is 24.3 Å². The molecule has 1 N–H and O–H groups in total. The molecule has 2 aromatic heterocycles. The number of amides is 1. The maximum Gasteiger partial charge on any atom is 0.240 e. The second-order valence-electron chi connectivity index (χ2n) is 8.10. The van der Waals surface area contributed by atoms with Crippen LogP contribution in [0.1, 0.15) is 27.9 Å². The van der Waals surface area contributed by atoms with E-state index in [9.17, 15) is 14.7 Å². The first kappa shape index (κ1) is 20.9.